The average Bonchev–Trinajstić information content (AvgIpc) is 2.39. The third-order valence-electron chi connectivity index (χ3n) is 3.25. The molecule has 0 aromatic heterocycles. The standard InChI is InChI=1S/C16H34S2/c1-3-5-7-9-11-13-15-17-18-16-14-12-10-8-6-4-2/h3-16H2,1-2H3. The molecular formula is C16H34S2. The molecule has 0 aliphatic heterocycles. The Morgan fingerprint density at radius 1 is 0.444 bits per heavy atom. The first kappa shape index (κ1) is 18.7. The number of hydrogen-bond donors (Lipinski definition) is 0. The number of unbranched alkanes of at least 4 members (excludes halogenated alkanes) is 10. The molecule has 0 saturated carbocycles. The minimum Gasteiger partial charge on any atom is -0.0942 e. The molecule has 0 heterocycles. The van der Waals surface area contributed by atoms with Gasteiger partial charge in [-0.05, 0) is 12.8 Å². The molecule has 2 heteroatoms. The molecule has 0 bridgehead atoms. The Hall–Kier alpha value is 0.700. The fourth-order valence-electron chi connectivity index (χ4n) is 2.00. The lowest BCUT2D eigenvalue weighted by Crippen LogP contribution is -1.83. The molecule has 0 rings (SSSR count). The average molecular weight is 291 g/mol. The van der Waals surface area contributed by atoms with E-state index in [1.165, 1.54) is 88.6 Å². The van der Waals surface area contributed by atoms with E-state index in [4.69, 9.17) is 0 Å². The molecule has 0 saturated heterocycles. The van der Waals surface area contributed by atoms with Crippen molar-refractivity contribution in [3.8, 4) is 0 Å². The highest BCUT2D eigenvalue weighted by atomic mass is 33.1. The number of rotatable bonds is 15. The summed E-state index contributed by atoms with van der Waals surface area (Å²) in [4.78, 5) is 0. The topological polar surface area (TPSA) is 0 Å². The van der Waals surface area contributed by atoms with Gasteiger partial charge in [-0.3, -0.25) is 0 Å². The second kappa shape index (κ2) is 17.7. The fraction of sp³-hybridized carbons (Fsp3) is 1.00. The zero-order valence-electron chi connectivity index (χ0n) is 12.7. The van der Waals surface area contributed by atoms with E-state index in [2.05, 4.69) is 35.4 Å². The molecule has 0 aliphatic carbocycles. The van der Waals surface area contributed by atoms with Crippen LogP contribution in [0.15, 0.2) is 0 Å². The Morgan fingerprint density at radius 2 is 0.778 bits per heavy atom. The Kier molecular flexibility index (Phi) is 18.4. The maximum atomic E-state index is 2.29. The molecular weight excluding hydrogens is 256 g/mol. The van der Waals surface area contributed by atoms with Gasteiger partial charge in [0.2, 0.25) is 0 Å². The van der Waals surface area contributed by atoms with Crippen molar-refractivity contribution in [3.63, 3.8) is 0 Å². The van der Waals surface area contributed by atoms with Gasteiger partial charge in [-0.2, -0.15) is 0 Å². The van der Waals surface area contributed by atoms with Crippen LogP contribution in [0.1, 0.15) is 90.9 Å². The summed E-state index contributed by atoms with van der Waals surface area (Å²) in [5.74, 6) is 2.74. The zero-order chi connectivity index (χ0) is 13.3. The van der Waals surface area contributed by atoms with Gasteiger partial charge in [0.1, 0.15) is 0 Å². The number of hydrogen-bond acceptors (Lipinski definition) is 2. The van der Waals surface area contributed by atoms with Gasteiger partial charge in [-0.15, -0.1) is 0 Å². The lowest BCUT2D eigenvalue weighted by atomic mass is 10.1. The van der Waals surface area contributed by atoms with Gasteiger partial charge in [0, 0.05) is 11.5 Å². The summed E-state index contributed by atoms with van der Waals surface area (Å²) in [5, 5.41) is 0. The van der Waals surface area contributed by atoms with Crippen LogP contribution in [-0.4, -0.2) is 11.5 Å². The molecule has 0 aromatic carbocycles. The minimum atomic E-state index is 1.36. The molecule has 0 nitrogen and oxygen atoms in total. The third-order valence-corrected chi connectivity index (χ3v) is 5.82. The minimum absolute atomic E-state index is 1.36. The van der Waals surface area contributed by atoms with Gasteiger partial charge in [-0.25, -0.2) is 0 Å². The highest BCUT2D eigenvalue weighted by Gasteiger charge is 1.94. The summed E-state index contributed by atoms with van der Waals surface area (Å²) < 4.78 is 0. The highest BCUT2D eigenvalue weighted by Crippen LogP contribution is 2.24. The third kappa shape index (κ3) is 16.7. The lowest BCUT2D eigenvalue weighted by Gasteiger charge is -2.02. The van der Waals surface area contributed by atoms with Crippen LogP contribution in [0.25, 0.3) is 0 Å². The molecule has 0 atom stereocenters. The Bertz CT molecular complexity index is 121. The summed E-state index contributed by atoms with van der Waals surface area (Å²) in [7, 11) is 4.20. The molecule has 0 radical (unpaired) electrons. The second-order valence-corrected chi connectivity index (χ2v) is 7.88. The molecule has 0 unspecified atom stereocenters. The van der Waals surface area contributed by atoms with Gasteiger partial charge in [0.15, 0.2) is 0 Å². The van der Waals surface area contributed by atoms with E-state index in [0.29, 0.717) is 0 Å². The van der Waals surface area contributed by atoms with E-state index >= 15 is 0 Å². The first-order valence-corrected chi connectivity index (χ1v) is 10.6. The van der Waals surface area contributed by atoms with Crippen molar-refractivity contribution in [2.75, 3.05) is 11.5 Å². The maximum Gasteiger partial charge on any atom is 0.00369 e. The summed E-state index contributed by atoms with van der Waals surface area (Å²) >= 11 is 0. The molecule has 0 spiro atoms. The Balaban J connectivity index is 2.86. The van der Waals surface area contributed by atoms with Crippen molar-refractivity contribution in [1.82, 2.24) is 0 Å². The van der Waals surface area contributed by atoms with Crippen molar-refractivity contribution < 1.29 is 0 Å². The normalized spacial score (nSPS) is 11.0. The van der Waals surface area contributed by atoms with Crippen molar-refractivity contribution in [2.45, 2.75) is 90.9 Å². The van der Waals surface area contributed by atoms with Crippen LogP contribution in [0.3, 0.4) is 0 Å². The van der Waals surface area contributed by atoms with E-state index in [1.807, 2.05) is 0 Å². The zero-order valence-corrected chi connectivity index (χ0v) is 14.3. The van der Waals surface area contributed by atoms with Gasteiger partial charge in [-0.1, -0.05) is 99.6 Å². The molecule has 0 aliphatic rings. The predicted octanol–water partition coefficient (Wildman–Crippen LogP) is 7.09. The first-order chi connectivity index (χ1) is 8.91. The Morgan fingerprint density at radius 3 is 1.17 bits per heavy atom. The molecule has 0 amide bonds. The summed E-state index contributed by atoms with van der Waals surface area (Å²) in [6, 6.07) is 0. The van der Waals surface area contributed by atoms with Gasteiger partial charge < -0.3 is 0 Å². The molecule has 0 fully saturated rings. The van der Waals surface area contributed by atoms with Crippen molar-refractivity contribution in [1.29, 1.82) is 0 Å². The van der Waals surface area contributed by atoms with E-state index < -0.39 is 0 Å². The summed E-state index contributed by atoms with van der Waals surface area (Å²) in [5.41, 5.74) is 0. The maximum absolute atomic E-state index is 2.29. The van der Waals surface area contributed by atoms with Crippen LogP contribution in [0, 0.1) is 0 Å². The molecule has 0 N–H and O–H groups in total. The van der Waals surface area contributed by atoms with E-state index in [9.17, 15) is 0 Å². The van der Waals surface area contributed by atoms with Crippen LogP contribution in [-0.2, 0) is 0 Å². The van der Waals surface area contributed by atoms with E-state index in [0.717, 1.165) is 0 Å². The van der Waals surface area contributed by atoms with Crippen molar-refractivity contribution in [2.24, 2.45) is 0 Å². The van der Waals surface area contributed by atoms with Crippen LogP contribution < -0.4 is 0 Å². The predicted molar refractivity (Wildman–Crippen MR) is 91.7 cm³/mol. The lowest BCUT2D eigenvalue weighted by molar-refractivity contribution is 0.627. The van der Waals surface area contributed by atoms with Gasteiger partial charge in [0.05, 0.1) is 0 Å². The monoisotopic (exact) mass is 290 g/mol. The summed E-state index contributed by atoms with van der Waals surface area (Å²) in [6.45, 7) is 4.57. The first-order valence-electron chi connectivity index (χ1n) is 8.16. The van der Waals surface area contributed by atoms with Crippen LogP contribution in [0.2, 0.25) is 0 Å². The SMILES string of the molecule is CCCCCCCCSSCCCCCCCC. The summed E-state index contributed by atoms with van der Waals surface area (Å²) in [6.07, 6.45) is 17.2. The van der Waals surface area contributed by atoms with Gasteiger partial charge >= 0.3 is 0 Å². The van der Waals surface area contributed by atoms with Crippen LogP contribution in [0.5, 0.6) is 0 Å². The molecule has 0 aromatic rings. The highest BCUT2D eigenvalue weighted by molar-refractivity contribution is 8.76. The quantitative estimate of drug-likeness (QED) is 0.233. The van der Waals surface area contributed by atoms with Crippen LogP contribution in [0.4, 0.5) is 0 Å². The van der Waals surface area contributed by atoms with Crippen molar-refractivity contribution >= 4 is 21.6 Å². The van der Waals surface area contributed by atoms with E-state index in [1.54, 1.807) is 0 Å². The molecule has 18 heavy (non-hydrogen) atoms. The molecule has 110 valence electrons. The fourth-order valence-corrected chi connectivity index (χ4v) is 4.29. The van der Waals surface area contributed by atoms with E-state index in [-0.39, 0.29) is 0 Å². The Labute approximate surface area is 124 Å². The second-order valence-electron chi connectivity index (χ2n) is 5.18. The largest absolute Gasteiger partial charge is 0.0942 e. The van der Waals surface area contributed by atoms with Gasteiger partial charge in [0.25, 0.3) is 0 Å². The van der Waals surface area contributed by atoms with Crippen LogP contribution >= 0.6 is 21.6 Å². The van der Waals surface area contributed by atoms with Crippen molar-refractivity contribution in [3.05, 3.63) is 0 Å². The smallest absolute Gasteiger partial charge is 0.00369 e.